The zero-order valence-electron chi connectivity index (χ0n) is 16.8. The van der Waals surface area contributed by atoms with Gasteiger partial charge < -0.3 is 14.8 Å². The van der Waals surface area contributed by atoms with Gasteiger partial charge in [-0.2, -0.15) is 5.10 Å². The van der Waals surface area contributed by atoms with E-state index in [0.29, 0.717) is 43.6 Å². The molecule has 0 bridgehead atoms. The van der Waals surface area contributed by atoms with Crippen LogP contribution in [0.15, 0.2) is 36.7 Å². The Bertz CT molecular complexity index is 1090. The van der Waals surface area contributed by atoms with E-state index in [2.05, 4.69) is 33.6 Å². The molecule has 1 aliphatic heterocycles. The Hall–Kier alpha value is -3.10. The van der Waals surface area contributed by atoms with E-state index in [0.717, 1.165) is 29.7 Å². The summed E-state index contributed by atoms with van der Waals surface area (Å²) in [7, 11) is 0. The fourth-order valence-corrected chi connectivity index (χ4v) is 3.94. The lowest BCUT2D eigenvalue weighted by Gasteiger charge is -2.23. The van der Waals surface area contributed by atoms with Gasteiger partial charge in [-0.15, -0.1) is 0 Å². The number of nitrogens with zero attached hydrogens (tertiary/aromatic N) is 4. The van der Waals surface area contributed by atoms with Crippen LogP contribution in [0.25, 0.3) is 17.2 Å². The van der Waals surface area contributed by atoms with Crippen LogP contribution in [-0.4, -0.2) is 58.1 Å². The molecule has 3 heterocycles. The first kappa shape index (κ1) is 18.9. The number of amides is 1. The van der Waals surface area contributed by atoms with Crippen LogP contribution in [0, 0.1) is 6.92 Å². The lowest BCUT2D eigenvalue weighted by Crippen LogP contribution is -2.39. The highest BCUT2D eigenvalue weighted by Crippen LogP contribution is 2.31. The summed E-state index contributed by atoms with van der Waals surface area (Å²) in [5, 5.41) is 7.28. The van der Waals surface area contributed by atoms with Crippen molar-refractivity contribution < 1.29 is 14.3 Å². The third-order valence-electron chi connectivity index (χ3n) is 5.61. The molecule has 154 valence electrons. The minimum atomic E-state index is -0.198. The van der Waals surface area contributed by atoms with E-state index < -0.39 is 0 Å². The fraction of sp³-hybridized carbons (Fsp3) is 0.364. The predicted molar refractivity (Wildman–Crippen MR) is 110 cm³/mol. The second-order valence-electron chi connectivity index (χ2n) is 7.53. The molecular weight excluding hydrogens is 382 g/mol. The van der Waals surface area contributed by atoms with Crippen LogP contribution >= 0.6 is 0 Å². The number of carbonyl (C=O) groups is 1. The van der Waals surface area contributed by atoms with Gasteiger partial charge >= 0.3 is 0 Å². The highest BCUT2D eigenvalue weighted by molar-refractivity contribution is 5.95. The smallest absolute Gasteiger partial charge is 0.254 e. The Kier molecular flexibility index (Phi) is 5.02. The number of carbonyl (C=O) groups excluding carboxylic acids is 1. The van der Waals surface area contributed by atoms with Gasteiger partial charge in [-0.05, 0) is 30.9 Å². The second-order valence-corrected chi connectivity index (χ2v) is 7.53. The lowest BCUT2D eigenvalue weighted by molar-refractivity contribution is -0.0855. The number of rotatable bonds is 4. The maximum absolute atomic E-state index is 12.6. The van der Waals surface area contributed by atoms with Crippen molar-refractivity contribution in [2.24, 2.45) is 0 Å². The highest BCUT2D eigenvalue weighted by Gasteiger charge is 2.22. The van der Waals surface area contributed by atoms with Gasteiger partial charge in [0.2, 0.25) is 0 Å². The van der Waals surface area contributed by atoms with Crippen LogP contribution in [0.1, 0.15) is 27.2 Å². The monoisotopic (exact) mass is 405 g/mol. The van der Waals surface area contributed by atoms with E-state index in [1.54, 1.807) is 10.9 Å². The summed E-state index contributed by atoms with van der Waals surface area (Å²) in [5.74, 6) is 0.266. The molecule has 0 radical (unpaired) electrons. The molecule has 1 saturated heterocycles. The van der Waals surface area contributed by atoms with Crippen molar-refractivity contribution in [2.45, 2.75) is 25.9 Å². The molecule has 2 aliphatic rings. The molecule has 1 unspecified atom stereocenters. The lowest BCUT2D eigenvalue weighted by atomic mass is 9.90. The molecule has 30 heavy (non-hydrogen) atoms. The van der Waals surface area contributed by atoms with E-state index in [4.69, 9.17) is 14.5 Å². The number of aromatic nitrogens is 4. The Morgan fingerprint density at radius 3 is 2.93 bits per heavy atom. The summed E-state index contributed by atoms with van der Waals surface area (Å²) >= 11 is 0. The van der Waals surface area contributed by atoms with Crippen molar-refractivity contribution in [3.63, 3.8) is 0 Å². The van der Waals surface area contributed by atoms with Crippen LogP contribution in [0.4, 0.5) is 0 Å². The Labute approximate surface area is 174 Å². The van der Waals surface area contributed by atoms with Crippen molar-refractivity contribution >= 4 is 5.91 Å². The van der Waals surface area contributed by atoms with Crippen LogP contribution in [-0.2, 0) is 22.3 Å². The SMILES string of the molecule is Cc1c(C(=O)NCC2COCCO2)cnn1-c1ncc2c(n1)-c1ccccc1CC2. The summed E-state index contributed by atoms with van der Waals surface area (Å²) in [5.41, 5.74) is 5.69. The summed E-state index contributed by atoms with van der Waals surface area (Å²) in [4.78, 5) is 22.0. The minimum Gasteiger partial charge on any atom is -0.376 e. The molecule has 3 aromatic rings. The van der Waals surface area contributed by atoms with Crippen LogP contribution in [0.5, 0.6) is 0 Å². The van der Waals surface area contributed by atoms with E-state index in [1.807, 2.05) is 19.2 Å². The number of fused-ring (bicyclic) bond motifs is 3. The number of hydrogen-bond donors (Lipinski definition) is 1. The summed E-state index contributed by atoms with van der Waals surface area (Å²) in [6, 6.07) is 8.32. The predicted octanol–water partition coefficient (Wildman–Crippen LogP) is 1.88. The number of benzene rings is 1. The molecule has 1 aromatic carbocycles. The van der Waals surface area contributed by atoms with Crippen LogP contribution in [0.2, 0.25) is 0 Å². The van der Waals surface area contributed by atoms with Crippen molar-refractivity contribution in [3.8, 4) is 17.2 Å². The van der Waals surface area contributed by atoms with Gasteiger partial charge in [-0.3, -0.25) is 4.79 Å². The molecule has 1 amide bonds. The molecule has 5 rings (SSSR count). The van der Waals surface area contributed by atoms with Gasteiger partial charge in [0.1, 0.15) is 0 Å². The summed E-state index contributed by atoms with van der Waals surface area (Å²) in [6.45, 7) is 3.88. The molecule has 1 aliphatic carbocycles. The van der Waals surface area contributed by atoms with E-state index in [9.17, 15) is 4.79 Å². The van der Waals surface area contributed by atoms with Gasteiger partial charge in [-0.1, -0.05) is 24.3 Å². The highest BCUT2D eigenvalue weighted by atomic mass is 16.6. The number of hydrogen-bond acceptors (Lipinski definition) is 6. The molecule has 2 aromatic heterocycles. The van der Waals surface area contributed by atoms with Crippen LogP contribution in [0.3, 0.4) is 0 Å². The summed E-state index contributed by atoms with van der Waals surface area (Å²) < 4.78 is 12.6. The number of ether oxygens (including phenoxy) is 2. The van der Waals surface area contributed by atoms with Gasteiger partial charge in [0.05, 0.1) is 49.1 Å². The maximum atomic E-state index is 12.6. The minimum absolute atomic E-state index is 0.123. The van der Waals surface area contributed by atoms with Gasteiger partial charge in [0.15, 0.2) is 0 Å². The molecule has 0 spiro atoms. The van der Waals surface area contributed by atoms with Gasteiger partial charge in [-0.25, -0.2) is 14.6 Å². The van der Waals surface area contributed by atoms with Crippen LogP contribution < -0.4 is 5.32 Å². The zero-order valence-corrected chi connectivity index (χ0v) is 16.8. The number of aryl methyl sites for hydroxylation is 2. The van der Waals surface area contributed by atoms with Crippen molar-refractivity contribution in [1.29, 1.82) is 0 Å². The summed E-state index contributed by atoms with van der Waals surface area (Å²) in [6.07, 6.45) is 5.22. The molecule has 1 fully saturated rings. The normalized spacial score (nSPS) is 17.8. The van der Waals surface area contributed by atoms with E-state index in [1.165, 1.54) is 5.56 Å². The van der Waals surface area contributed by atoms with Gasteiger partial charge in [0.25, 0.3) is 11.9 Å². The standard InChI is InChI=1S/C22H23N5O3/c1-14-19(21(28)23-11-17-13-29-8-9-30-17)12-25-27(14)22-24-10-16-7-6-15-4-2-3-5-18(15)20(16)26-22/h2-5,10,12,17H,6-9,11,13H2,1H3,(H,23,28). The molecule has 8 nitrogen and oxygen atoms in total. The Balaban J connectivity index is 1.38. The molecular formula is C22H23N5O3. The Morgan fingerprint density at radius 1 is 1.20 bits per heavy atom. The largest absolute Gasteiger partial charge is 0.376 e. The van der Waals surface area contributed by atoms with Gasteiger partial charge in [0, 0.05) is 18.3 Å². The molecule has 0 saturated carbocycles. The second kappa shape index (κ2) is 7.97. The van der Waals surface area contributed by atoms with Crippen molar-refractivity contribution in [2.75, 3.05) is 26.4 Å². The van der Waals surface area contributed by atoms with E-state index in [-0.39, 0.29) is 12.0 Å². The quantitative estimate of drug-likeness (QED) is 0.713. The first-order valence-electron chi connectivity index (χ1n) is 10.2. The Morgan fingerprint density at radius 2 is 2.07 bits per heavy atom. The average Bonchev–Trinajstić information content (AvgIpc) is 3.19. The topological polar surface area (TPSA) is 91.2 Å². The maximum Gasteiger partial charge on any atom is 0.254 e. The first-order chi connectivity index (χ1) is 14.7. The third kappa shape index (κ3) is 3.48. The number of nitrogens with one attached hydrogen (secondary N) is 1. The molecule has 1 atom stereocenters. The fourth-order valence-electron chi connectivity index (χ4n) is 3.94. The van der Waals surface area contributed by atoms with E-state index >= 15 is 0 Å². The zero-order chi connectivity index (χ0) is 20.5. The third-order valence-corrected chi connectivity index (χ3v) is 5.61. The first-order valence-corrected chi connectivity index (χ1v) is 10.2. The van der Waals surface area contributed by atoms with Crippen molar-refractivity contribution in [3.05, 3.63) is 59.0 Å². The van der Waals surface area contributed by atoms with Crippen molar-refractivity contribution in [1.82, 2.24) is 25.1 Å². The molecule has 1 N–H and O–H groups in total. The average molecular weight is 405 g/mol. The molecule has 8 heteroatoms.